The molecule has 0 spiro atoms. The zero-order valence-electron chi connectivity index (χ0n) is 17.1. The highest BCUT2D eigenvalue weighted by Gasteiger charge is 2.16. The van der Waals surface area contributed by atoms with E-state index in [0.717, 1.165) is 36.6 Å². The lowest BCUT2D eigenvalue weighted by molar-refractivity contribution is 0.252. The van der Waals surface area contributed by atoms with E-state index in [0.29, 0.717) is 0 Å². The molecule has 0 aliphatic carbocycles. The summed E-state index contributed by atoms with van der Waals surface area (Å²) < 4.78 is 0. The number of nitrogens with zero attached hydrogens (tertiary/aromatic N) is 2. The van der Waals surface area contributed by atoms with E-state index in [1.807, 2.05) is 0 Å². The van der Waals surface area contributed by atoms with E-state index in [-0.39, 0.29) is 0 Å². The Bertz CT molecular complexity index is 724. The third-order valence-electron chi connectivity index (χ3n) is 5.47. The number of aryl methyl sites for hydroxylation is 1. The summed E-state index contributed by atoms with van der Waals surface area (Å²) in [6.45, 7) is 7.96. The number of unbranched alkanes of at least 4 members (excludes halogenated alkanes) is 2. The molecule has 1 aliphatic heterocycles. The van der Waals surface area contributed by atoms with E-state index in [1.54, 1.807) is 0 Å². The molecule has 0 bridgehead atoms. The Balaban J connectivity index is 1.30. The van der Waals surface area contributed by atoms with Crippen molar-refractivity contribution in [2.75, 3.05) is 42.9 Å². The summed E-state index contributed by atoms with van der Waals surface area (Å²) in [6.07, 6.45) is 5.88. The van der Waals surface area contributed by atoms with Gasteiger partial charge in [-0.25, -0.2) is 0 Å². The zero-order chi connectivity index (χ0) is 19.6. The van der Waals surface area contributed by atoms with E-state index in [1.165, 1.54) is 50.1 Å². The summed E-state index contributed by atoms with van der Waals surface area (Å²) >= 11 is 5.28. The van der Waals surface area contributed by atoms with E-state index >= 15 is 0 Å². The average Bonchev–Trinajstić information content (AvgIpc) is 2.75. The summed E-state index contributed by atoms with van der Waals surface area (Å²) in [4.78, 5) is 6.03. The molecule has 2 aromatic carbocycles. The monoisotopic (exact) mass is 395 g/mol. The minimum absolute atomic E-state index is 0.888. The molecule has 1 aliphatic rings. The van der Waals surface area contributed by atoms with E-state index in [4.69, 9.17) is 12.2 Å². The predicted molar refractivity (Wildman–Crippen MR) is 126 cm³/mol. The standard InChI is InChI=1S/C24H33N3S/c1-2-24(28)25-22-12-9-11-21(20-22)10-5-4-8-15-26-16-18-27(19-17-26)23-13-6-3-7-14-23/h3,6-7,9,11-14,20H,2,4-5,8,10,15-19H2,1H3,(H,25,28). The Kier molecular flexibility index (Phi) is 8.31. The molecule has 0 atom stereocenters. The number of rotatable bonds is 9. The molecule has 1 fully saturated rings. The van der Waals surface area contributed by atoms with Crippen LogP contribution in [-0.2, 0) is 6.42 Å². The second-order valence-electron chi connectivity index (χ2n) is 7.58. The molecule has 4 heteroatoms. The largest absolute Gasteiger partial charge is 0.369 e. The fourth-order valence-electron chi connectivity index (χ4n) is 3.76. The molecule has 1 saturated heterocycles. The van der Waals surface area contributed by atoms with Crippen molar-refractivity contribution in [1.82, 2.24) is 4.90 Å². The van der Waals surface area contributed by atoms with E-state index in [9.17, 15) is 0 Å². The van der Waals surface area contributed by atoms with Crippen molar-refractivity contribution in [3.05, 3.63) is 60.2 Å². The van der Waals surface area contributed by atoms with Crippen molar-refractivity contribution in [2.24, 2.45) is 0 Å². The Hall–Kier alpha value is -1.91. The molecule has 0 radical (unpaired) electrons. The van der Waals surface area contributed by atoms with Gasteiger partial charge in [0, 0.05) is 37.6 Å². The molecule has 2 aromatic rings. The number of hydrogen-bond donors (Lipinski definition) is 1. The summed E-state index contributed by atoms with van der Waals surface area (Å²) in [6, 6.07) is 19.5. The van der Waals surface area contributed by atoms with Gasteiger partial charge in [-0.1, -0.05) is 55.9 Å². The van der Waals surface area contributed by atoms with Crippen molar-refractivity contribution in [1.29, 1.82) is 0 Å². The van der Waals surface area contributed by atoms with Gasteiger partial charge in [0.25, 0.3) is 0 Å². The summed E-state index contributed by atoms with van der Waals surface area (Å²) in [5.41, 5.74) is 3.89. The fraction of sp³-hybridized carbons (Fsp3) is 0.458. The van der Waals surface area contributed by atoms with Crippen LogP contribution in [0.5, 0.6) is 0 Å². The lowest BCUT2D eigenvalue weighted by Gasteiger charge is -2.36. The fourth-order valence-corrected chi connectivity index (χ4v) is 3.88. The molecule has 28 heavy (non-hydrogen) atoms. The third-order valence-corrected chi connectivity index (χ3v) is 5.86. The van der Waals surface area contributed by atoms with Crippen LogP contribution in [0.4, 0.5) is 11.4 Å². The Morgan fingerprint density at radius 3 is 2.46 bits per heavy atom. The van der Waals surface area contributed by atoms with Crippen molar-refractivity contribution < 1.29 is 0 Å². The van der Waals surface area contributed by atoms with Crippen molar-refractivity contribution in [2.45, 2.75) is 39.0 Å². The van der Waals surface area contributed by atoms with Gasteiger partial charge in [-0.05, 0) is 62.1 Å². The number of nitrogens with one attached hydrogen (secondary N) is 1. The Morgan fingerprint density at radius 1 is 0.929 bits per heavy atom. The smallest absolute Gasteiger partial charge is 0.0794 e. The van der Waals surface area contributed by atoms with Gasteiger partial charge in [-0.3, -0.25) is 4.90 Å². The highest BCUT2D eigenvalue weighted by molar-refractivity contribution is 7.80. The van der Waals surface area contributed by atoms with Gasteiger partial charge in [0.15, 0.2) is 0 Å². The molecule has 3 nitrogen and oxygen atoms in total. The molecule has 1 heterocycles. The topological polar surface area (TPSA) is 18.5 Å². The lowest BCUT2D eigenvalue weighted by atomic mass is 10.1. The highest BCUT2D eigenvalue weighted by Crippen LogP contribution is 2.17. The first-order valence-electron chi connectivity index (χ1n) is 10.7. The van der Waals surface area contributed by atoms with Crippen LogP contribution >= 0.6 is 12.2 Å². The van der Waals surface area contributed by atoms with Crippen LogP contribution in [-0.4, -0.2) is 42.6 Å². The van der Waals surface area contributed by atoms with Crippen molar-refractivity contribution in [3.63, 3.8) is 0 Å². The number of benzene rings is 2. The first-order valence-corrected chi connectivity index (χ1v) is 11.1. The van der Waals surface area contributed by atoms with Crippen molar-refractivity contribution >= 4 is 28.6 Å². The first kappa shape index (κ1) is 20.8. The van der Waals surface area contributed by atoms with Gasteiger partial charge < -0.3 is 10.2 Å². The first-order chi connectivity index (χ1) is 13.7. The number of anilines is 2. The van der Waals surface area contributed by atoms with Crippen LogP contribution in [0, 0.1) is 0 Å². The normalized spacial score (nSPS) is 14.8. The molecule has 0 amide bonds. The van der Waals surface area contributed by atoms with Crippen molar-refractivity contribution in [3.8, 4) is 0 Å². The van der Waals surface area contributed by atoms with Crippen LogP contribution in [0.1, 0.15) is 38.2 Å². The second-order valence-corrected chi connectivity index (χ2v) is 8.07. The van der Waals surface area contributed by atoms with Crippen LogP contribution in [0.25, 0.3) is 0 Å². The average molecular weight is 396 g/mol. The van der Waals surface area contributed by atoms with Gasteiger partial charge >= 0.3 is 0 Å². The van der Waals surface area contributed by atoms with Gasteiger partial charge in [0.2, 0.25) is 0 Å². The second kappa shape index (κ2) is 11.2. The summed E-state index contributed by atoms with van der Waals surface area (Å²) in [5, 5.41) is 3.31. The number of hydrogen-bond acceptors (Lipinski definition) is 3. The van der Waals surface area contributed by atoms with Gasteiger partial charge in [-0.2, -0.15) is 0 Å². The van der Waals surface area contributed by atoms with Gasteiger partial charge in [-0.15, -0.1) is 0 Å². The van der Waals surface area contributed by atoms with E-state index in [2.05, 4.69) is 76.6 Å². The zero-order valence-corrected chi connectivity index (χ0v) is 17.9. The van der Waals surface area contributed by atoms with Crippen LogP contribution in [0.15, 0.2) is 54.6 Å². The molecular formula is C24H33N3S. The van der Waals surface area contributed by atoms with Gasteiger partial charge in [0.05, 0.1) is 4.99 Å². The highest BCUT2D eigenvalue weighted by atomic mass is 32.1. The van der Waals surface area contributed by atoms with Crippen LogP contribution < -0.4 is 10.2 Å². The predicted octanol–water partition coefficient (Wildman–Crippen LogP) is 5.37. The Labute approximate surface area is 175 Å². The summed E-state index contributed by atoms with van der Waals surface area (Å²) in [5.74, 6) is 0. The SMILES string of the molecule is CCC(=S)Nc1cccc(CCCCCN2CCN(c3ccccc3)CC2)c1. The minimum atomic E-state index is 0.888. The Morgan fingerprint density at radius 2 is 1.71 bits per heavy atom. The molecule has 150 valence electrons. The minimum Gasteiger partial charge on any atom is -0.369 e. The van der Waals surface area contributed by atoms with Gasteiger partial charge in [0.1, 0.15) is 0 Å². The molecule has 1 N–H and O–H groups in total. The quantitative estimate of drug-likeness (QED) is 0.454. The third kappa shape index (κ3) is 6.61. The molecule has 0 aromatic heterocycles. The summed E-state index contributed by atoms with van der Waals surface area (Å²) in [7, 11) is 0. The van der Waals surface area contributed by atoms with Crippen LogP contribution in [0.3, 0.4) is 0 Å². The maximum absolute atomic E-state index is 5.28. The lowest BCUT2D eigenvalue weighted by Crippen LogP contribution is -2.46. The molecule has 3 rings (SSSR count). The molecule has 0 saturated carbocycles. The molecule has 0 unspecified atom stereocenters. The number of thiocarbonyl (C=S) groups is 1. The maximum Gasteiger partial charge on any atom is 0.0794 e. The molecular weight excluding hydrogens is 362 g/mol. The maximum atomic E-state index is 5.28. The van der Waals surface area contributed by atoms with E-state index < -0.39 is 0 Å². The van der Waals surface area contributed by atoms with Crippen LogP contribution in [0.2, 0.25) is 0 Å². The number of piperazine rings is 1. The number of para-hydroxylation sites is 1.